The van der Waals surface area contributed by atoms with Gasteiger partial charge in [-0.05, 0) is 74.4 Å². The van der Waals surface area contributed by atoms with Crippen LogP contribution in [-0.2, 0) is 12.8 Å². The normalized spacial score (nSPS) is 12.3. The molecular formula is C19H24FNS. The van der Waals surface area contributed by atoms with Crippen molar-refractivity contribution in [1.82, 2.24) is 5.32 Å². The molecule has 0 aliphatic carbocycles. The molecule has 0 heterocycles. The molecule has 0 fully saturated rings. The van der Waals surface area contributed by atoms with Crippen molar-refractivity contribution in [2.75, 3.05) is 12.8 Å². The minimum atomic E-state index is -0.170. The maximum atomic E-state index is 12.9. The monoisotopic (exact) mass is 317 g/mol. The number of benzene rings is 2. The smallest absolute Gasteiger partial charge is 0.123 e. The second kappa shape index (κ2) is 8.96. The summed E-state index contributed by atoms with van der Waals surface area (Å²) in [5, 5.41) is 3.54. The second-order valence-electron chi connectivity index (χ2n) is 5.64. The Hall–Kier alpha value is -1.32. The lowest BCUT2D eigenvalue weighted by atomic mass is 10.1. The molecule has 118 valence electrons. The van der Waals surface area contributed by atoms with Gasteiger partial charge < -0.3 is 5.32 Å². The molecule has 2 aromatic rings. The number of hydrogen-bond donors (Lipinski definition) is 1. The van der Waals surface area contributed by atoms with Crippen LogP contribution in [0.25, 0.3) is 0 Å². The Bertz CT molecular complexity index is 551. The van der Waals surface area contributed by atoms with Gasteiger partial charge in [-0.3, -0.25) is 0 Å². The molecule has 1 nitrogen and oxygen atoms in total. The molecule has 0 radical (unpaired) electrons. The van der Waals surface area contributed by atoms with Crippen molar-refractivity contribution in [3.8, 4) is 0 Å². The molecule has 0 aromatic heterocycles. The Kier molecular flexibility index (Phi) is 6.94. The lowest BCUT2D eigenvalue weighted by molar-refractivity contribution is 0.533. The van der Waals surface area contributed by atoms with E-state index in [2.05, 4.69) is 42.8 Å². The molecule has 2 aromatic carbocycles. The summed E-state index contributed by atoms with van der Waals surface area (Å²) >= 11 is 1.78. The van der Waals surface area contributed by atoms with Gasteiger partial charge in [0.2, 0.25) is 0 Å². The van der Waals surface area contributed by atoms with Crippen molar-refractivity contribution < 1.29 is 4.39 Å². The number of thioether (sulfide) groups is 1. The van der Waals surface area contributed by atoms with Gasteiger partial charge in [-0.2, -0.15) is 0 Å². The van der Waals surface area contributed by atoms with E-state index in [0.29, 0.717) is 6.04 Å². The Morgan fingerprint density at radius 3 is 2.27 bits per heavy atom. The van der Waals surface area contributed by atoms with E-state index < -0.39 is 0 Å². The molecule has 3 heteroatoms. The summed E-state index contributed by atoms with van der Waals surface area (Å²) in [6, 6.07) is 16.0. The Labute approximate surface area is 137 Å². The van der Waals surface area contributed by atoms with Crippen LogP contribution in [0, 0.1) is 5.82 Å². The number of hydrogen-bond acceptors (Lipinski definition) is 2. The Morgan fingerprint density at radius 1 is 1.00 bits per heavy atom. The average molecular weight is 317 g/mol. The van der Waals surface area contributed by atoms with Crippen LogP contribution in [0.4, 0.5) is 4.39 Å². The first-order chi connectivity index (χ1) is 10.7. The van der Waals surface area contributed by atoms with Crippen LogP contribution < -0.4 is 5.32 Å². The van der Waals surface area contributed by atoms with Crippen molar-refractivity contribution in [2.24, 2.45) is 0 Å². The zero-order valence-corrected chi connectivity index (χ0v) is 14.1. The van der Waals surface area contributed by atoms with Crippen LogP contribution in [0.2, 0.25) is 0 Å². The third-order valence-electron chi connectivity index (χ3n) is 3.75. The fourth-order valence-electron chi connectivity index (χ4n) is 2.48. The number of aryl methyl sites for hydroxylation is 1. The van der Waals surface area contributed by atoms with Gasteiger partial charge in [0.15, 0.2) is 0 Å². The van der Waals surface area contributed by atoms with E-state index in [9.17, 15) is 4.39 Å². The maximum Gasteiger partial charge on any atom is 0.123 e. The quantitative estimate of drug-likeness (QED) is 0.559. The highest BCUT2D eigenvalue weighted by Gasteiger charge is 2.03. The number of halogens is 1. The summed E-state index contributed by atoms with van der Waals surface area (Å²) in [6.45, 7) is 3.18. The minimum Gasteiger partial charge on any atom is -0.314 e. The molecule has 0 saturated carbocycles. The standard InChI is InChI=1S/C19H24FNS/c1-15(14-17-5-9-18(20)10-6-17)21-13-3-4-16-7-11-19(22-2)12-8-16/h5-12,15,21H,3-4,13-14H2,1-2H3. The average Bonchev–Trinajstić information content (AvgIpc) is 2.54. The van der Waals surface area contributed by atoms with Crippen LogP contribution in [0.5, 0.6) is 0 Å². The van der Waals surface area contributed by atoms with Crippen molar-refractivity contribution in [1.29, 1.82) is 0 Å². The first-order valence-electron chi connectivity index (χ1n) is 7.78. The topological polar surface area (TPSA) is 12.0 Å². The van der Waals surface area contributed by atoms with Crippen molar-refractivity contribution in [3.05, 3.63) is 65.5 Å². The Balaban J connectivity index is 1.66. The molecule has 1 N–H and O–H groups in total. The van der Waals surface area contributed by atoms with Crippen LogP contribution in [0.15, 0.2) is 53.4 Å². The van der Waals surface area contributed by atoms with E-state index in [1.807, 2.05) is 12.1 Å². The van der Waals surface area contributed by atoms with E-state index in [-0.39, 0.29) is 5.82 Å². The van der Waals surface area contributed by atoms with E-state index in [1.165, 1.54) is 28.2 Å². The van der Waals surface area contributed by atoms with E-state index in [0.717, 1.165) is 25.8 Å². The zero-order valence-electron chi connectivity index (χ0n) is 13.3. The van der Waals surface area contributed by atoms with Gasteiger partial charge in [0.25, 0.3) is 0 Å². The van der Waals surface area contributed by atoms with Crippen molar-refractivity contribution in [2.45, 2.75) is 37.1 Å². The molecule has 0 aliphatic rings. The molecular weight excluding hydrogens is 293 g/mol. The Morgan fingerprint density at radius 2 is 1.64 bits per heavy atom. The van der Waals surface area contributed by atoms with Gasteiger partial charge in [0, 0.05) is 10.9 Å². The predicted octanol–water partition coefficient (Wildman–Crippen LogP) is 4.70. The summed E-state index contributed by atoms with van der Waals surface area (Å²) in [5.41, 5.74) is 2.57. The lowest BCUT2D eigenvalue weighted by Crippen LogP contribution is -2.29. The highest BCUT2D eigenvalue weighted by molar-refractivity contribution is 7.98. The van der Waals surface area contributed by atoms with Gasteiger partial charge >= 0.3 is 0 Å². The fourth-order valence-corrected chi connectivity index (χ4v) is 2.89. The van der Waals surface area contributed by atoms with Crippen LogP contribution in [-0.4, -0.2) is 18.8 Å². The van der Waals surface area contributed by atoms with E-state index in [1.54, 1.807) is 11.8 Å². The summed E-state index contributed by atoms with van der Waals surface area (Å²) in [4.78, 5) is 1.31. The lowest BCUT2D eigenvalue weighted by Gasteiger charge is -2.14. The second-order valence-corrected chi connectivity index (χ2v) is 6.52. The van der Waals surface area contributed by atoms with Crippen molar-refractivity contribution in [3.63, 3.8) is 0 Å². The highest BCUT2D eigenvalue weighted by atomic mass is 32.2. The number of rotatable bonds is 8. The van der Waals surface area contributed by atoms with Gasteiger partial charge in [-0.1, -0.05) is 24.3 Å². The van der Waals surface area contributed by atoms with E-state index in [4.69, 9.17) is 0 Å². The molecule has 1 unspecified atom stereocenters. The summed E-state index contributed by atoms with van der Waals surface area (Å²) in [7, 11) is 0. The summed E-state index contributed by atoms with van der Waals surface area (Å²) in [6.07, 6.45) is 5.27. The zero-order chi connectivity index (χ0) is 15.8. The minimum absolute atomic E-state index is 0.170. The first kappa shape index (κ1) is 17.0. The molecule has 2 rings (SSSR count). The molecule has 0 spiro atoms. The third kappa shape index (κ3) is 5.82. The van der Waals surface area contributed by atoms with Gasteiger partial charge in [-0.25, -0.2) is 4.39 Å². The largest absolute Gasteiger partial charge is 0.314 e. The molecule has 1 atom stereocenters. The van der Waals surface area contributed by atoms with Gasteiger partial charge in [0.05, 0.1) is 0 Å². The molecule has 0 aliphatic heterocycles. The van der Waals surface area contributed by atoms with Gasteiger partial charge in [0.1, 0.15) is 5.82 Å². The summed E-state index contributed by atoms with van der Waals surface area (Å²) < 4.78 is 12.9. The molecule has 0 amide bonds. The van der Waals surface area contributed by atoms with Crippen LogP contribution in [0.3, 0.4) is 0 Å². The maximum absolute atomic E-state index is 12.9. The van der Waals surface area contributed by atoms with E-state index >= 15 is 0 Å². The predicted molar refractivity (Wildman–Crippen MR) is 94.1 cm³/mol. The number of nitrogens with one attached hydrogen (secondary N) is 1. The molecule has 0 bridgehead atoms. The molecule has 0 saturated heterocycles. The third-order valence-corrected chi connectivity index (χ3v) is 4.49. The van der Waals surface area contributed by atoms with Crippen molar-refractivity contribution >= 4 is 11.8 Å². The van der Waals surface area contributed by atoms with Gasteiger partial charge in [-0.15, -0.1) is 11.8 Å². The summed E-state index contributed by atoms with van der Waals surface area (Å²) in [5.74, 6) is -0.170. The fraction of sp³-hybridized carbons (Fsp3) is 0.368. The van der Waals surface area contributed by atoms with Crippen LogP contribution >= 0.6 is 11.8 Å². The first-order valence-corrected chi connectivity index (χ1v) is 9.00. The molecule has 22 heavy (non-hydrogen) atoms. The van der Waals surface area contributed by atoms with Crippen LogP contribution in [0.1, 0.15) is 24.5 Å². The highest BCUT2D eigenvalue weighted by Crippen LogP contribution is 2.15. The SMILES string of the molecule is CSc1ccc(CCCNC(C)Cc2ccc(F)cc2)cc1.